The van der Waals surface area contributed by atoms with Gasteiger partial charge in [-0.3, -0.25) is 4.90 Å². The second kappa shape index (κ2) is 5.94. The first kappa shape index (κ1) is 13.7. The number of hydrogen-bond donors (Lipinski definition) is 0. The fourth-order valence-corrected chi connectivity index (χ4v) is 3.37. The molecule has 0 aliphatic carbocycles. The first-order chi connectivity index (χ1) is 8.40. The Morgan fingerprint density at radius 2 is 2.17 bits per heavy atom. The molecule has 0 spiro atoms. The van der Waals surface area contributed by atoms with E-state index in [0.29, 0.717) is 12.0 Å². The van der Waals surface area contributed by atoms with Crippen molar-refractivity contribution in [3.05, 3.63) is 29.8 Å². The highest BCUT2D eigenvalue weighted by Gasteiger charge is 2.36. The van der Waals surface area contributed by atoms with E-state index < -0.39 is 0 Å². The lowest BCUT2D eigenvalue weighted by Gasteiger charge is -2.44. The summed E-state index contributed by atoms with van der Waals surface area (Å²) in [4.78, 5) is 2.63. The van der Waals surface area contributed by atoms with Crippen LogP contribution in [0.25, 0.3) is 0 Å². The molecule has 0 amide bonds. The van der Waals surface area contributed by atoms with Crippen LogP contribution in [-0.2, 0) is 0 Å². The van der Waals surface area contributed by atoms with E-state index in [1.54, 1.807) is 0 Å². The minimum Gasteiger partial charge on any atom is -0.492 e. The molecule has 2 atom stereocenters. The number of rotatable bonds is 2. The van der Waals surface area contributed by atoms with Crippen LogP contribution >= 0.6 is 12.4 Å². The second-order valence-corrected chi connectivity index (χ2v) is 5.20. The maximum Gasteiger partial charge on any atom is 0.122 e. The highest BCUT2D eigenvalue weighted by Crippen LogP contribution is 2.40. The van der Waals surface area contributed by atoms with Gasteiger partial charge in [0.2, 0.25) is 0 Å². The number of fused-ring (bicyclic) bond motifs is 3. The molecule has 2 aliphatic rings. The monoisotopic (exact) mass is 267 g/mol. The van der Waals surface area contributed by atoms with Crippen LogP contribution in [0.1, 0.15) is 37.7 Å². The van der Waals surface area contributed by atoms with Gasteiger partial charge >= 0.3 is 0 Å². The highest BCUT2D eigenvalue weighted by atomic mass is 35.5. The van der Waals surface area contributed by atoms with Crippen molar-refractivity contribution in [2.75, 3.05) is 19.7 Å². The van der Waals surface area contributed by atoms with Crippen LogP contribution < -0.4 is 4.74 Å². The molecule has 0 radical (unpaired) electrons. The molecular formula is C15H22ClNO. The van der Waals surface area contributed by atoms with E-state index in [-0.39, 0.29) is 12.4 Å². The summed E-state index contributed by atoms with van der Waals surface area (Å²) in [5, 5.41) is 0. The van der Waals surface area contributed by atoms with E-state index in [0.717, 1.165) is 12.4 Å². The summed E-state index contributed by atoms with van der Waals surface area (Å²) in [6.07, 6.45) is 3.89. The van der Waals surface area contributed by atoms with Crippen LogP contribution in [0.4, 0.5) is 0 Å². The lowest BCUT2D eigenvalue weighted by molar-refractivity contribution is 0.0659. The van der Waals surface area contributed by atoms with Crippen LogP contribution in [-0.4, -0.2) is 30.6 Å². The fraction of sp³-hybridized carbons (Fsp3) is 0.600. The van der Waals surface area contributed by atoms with Crippen LogP contribution in [0.3, 0.4) is 0 Å². The van der Waals surface area contributed by atoms with Gasteiger partial charge in [0.15, 0.2) is 0 Å². The van der Waals surface area contributed by atoms with Crippen molar-refractivity contribution < 1.29 is 4.74 Å². The van der Waals surface area contributed by atoms with E-state index in [1.807, 2.05) is 0 Å². The van der Waals surface area contributed by atoms with Gasteiger partial charge in [-0.05, 0) is 44.0 Å². The summed E-state index contributed by atoms with van der Waals surface area (Å²) in [5.41, 5.74) is 1.43. The first-order valence-electron chi connectivity index (χ1n) is 6.86. The third kappa shape index (κ3) is 2.36. The van der Waals surface area contributed by atoms with E-state index in [4.69, 9.17) is 4.74 Å². The SMILES string of the molecule is CCCN1CCC[C@@H]2c3ccccc3OC[C@H]21.Cl. The van der Waals surface area contributed by atoms with Crippen molar-refractivity contribution in [3.8, 4) is 5.75 Å². The Balaban J connectivity index is 0.00000120. The van der Waals surface area contributed by atoms with E-state index in [9.17, 15) is 0 Å². The number of piperidine rings is 1. The largest absolute Gasteiger partial charge is 0.492 e. The molecule has 1 fully saturated rings. The zero-order chi connectivity index (χ0) is 11.7. The third-order valence-electron chi connectivity index (χ3n) is 4.13. The smallest absolute Gasteiger partial charge is 0.122 e. The molecule has 3 heteroatoms. The van der Waals surface area contributed by atoms with Crippen LogP contribution in [0, 0.1) is 0 Å². The summed E-state index contributed by atoms with van der Waals surface area (Å²) in [6.45, 7) is 5.61. The van der Waals surface area contributed by atoms with Gasteiger partial charge < -0.3 is 4.74 Å². The molecule has 2 nitrogen and oxygen atoms in total. The standard InChI is InChI=1S/C15H21NO.ClH/c1-2-9-16-10-5-7-12-13-6-3-4-8-15(13)17-11-14(12)16;/h3-4,6,8,12,14H,2,5,7,9-11H2,1H3;1H/t12-,14-;/m1./s1. The van der Waals surface area contributed by atoms with Crippen molar-refractivity contribution in [2.45, 2.75) is 38.1 Å². The number of hydrogen-bond acceptors (Lipinski definition) is 2. The molecular weight excluding hydrogens is 246 g/mol. The van der Waals surface area contributed by atoms with Gasteiger partial charge in [-0.25, -0.2) is 0 Å². The highest BCUT2D eigenvalue weighted by molar-refractivity contribution is 5.85. The fourth-order valence-electron chi connectivity index (χ4n) is 3.37. The van der Waals surface area contributed by atoms with Gasteiger partial charge in [0, 0.05) is 5.92 Å². The topological polar surface area (TPSA) is 12.5 Å². The van der Waals surface area contributed by atoms with Crippen LogP contribution in [0.5, 0.6) is 5.75 Å². The van der Waals surface area contributed by atoms with Gasteiger partial charge in [0.05, 0.1) is 6.04 Å². The number of likely N-dealkylation sites (tertiary alicyclic amines) is 1. The van der Waals surface area contributed by atoms with Crippen LogP contribution in [0.2, 0.25) is 0 Å². The summed E-state index contributed by atoms with van der Waals surface area (Å²) >= 11 is 0. The molecule has 1 saturated heterocycles. The van der Waals surface area contributed by atoms with E-state index >= 15 is 0 Å². The third-order valence-corrected chi connectivity index (χ3v) is 4.13. The molecule has 0 aromatic heterocycles. The predicted octanol–water partition coefficient (Wildman–Crippen LogP) is 3.46. The minimum atomic E-state index is 0. The number of benzene rings is 1. The Hall–Kier alpha value is -0.730. The Bertz CT molecular complexity index is 394. The summed E-state index contributed by atoms with van der Waals surface area (Å²) in [5.74, 6) is 1.81. The van der Waals surface area contributed by atoms with Crippen molar-refractivity contribution in [1.82, 2.24) is 4.90 Å². The first-order valence-corrected chi connectivity index (χ1v) is 6.86. The number of para-hydroxylation sites is 1. The zero-order valence-corrected chi connectivity index (χ0v) is 11.8. The Labute approximate surface area is 116 Å². The van der Waals surface area contributed by atoms with Crippen molar-refractivity contribution in [3.63, 3.8) is 0 Å². The second-order valence-electron chi connectivity index (χ2n) is 5.20. The van der Waals surface area contributed by atoms with Crippen molar-refractivity contribution in [2.24, 2.45) is 0 Å². The average molecular weight is 268 g/mol. The lowest BCUT2D eigenvalue weighted by atomic mass is 9.82. The molecule has 0 bridgehead atoms. The van der Waals surface area contributed by atoms with E-state index in [1.165, 1.54) is 37.9 Å². The Kier molecular flexibility index (Phi) is 4.52. The van der Waals surface area contributed by atoms with E-state index in [2.05, 4.69) is 36.1 Å². The molecule has 1 aromatic carbocycles. The molecule has 0 unspecified atom stereocenters. The van der Waals surface area contributed by atoms with Gasteiger partial charge in [0.1, 0.15) is 12.4 Å². The molecule has 3 rings (SSSR count). The normalized spacial score (nSPS) is 26.5. The summed E-state index contributed by atoms with van der Waals surface area (Å²) in [7, 11) is 0. The van der Waals surface area contributed by atoms with Crippen molar-refractivity contribution in [1.29, 1.82) is 0 Å². The molecule has 0 saturated carbocycles. The maximum atomic E-state index is 5.93. The summed E-state index contributed by atoms with van der Waals surface area (Å²) < 4.78 is 5.93. The number of ether oxygens (including phenoxy) is 1. The average Bonchev–Trinajstić information content (AvgIpc) is 2.39. The zero-order valence-electron chi connectivity index (χ0n) is 11.0. The Morgan fingerprint density at radius 3 is 3.00 bits per heavy atom. The molecule has 0 N–H and O–H groups in total. The Morgan fingerprint density at radius 1 is 1.33 bits per heavy atom. The maximum absolute atomic E-state index is 5.93. The predicted molar refractivity (Wildman–Crippen MR) is 76.8 cm³/mol. The van der Waals surface area contributed by atoms with Gasteiger partial charge in [-0.15, -0.1) is 12.4 Å². The van der Waals surface area contributed by atoms with Crippen LogP contribution in [0.15, 0.2) is 24.3 Å². The molecule has 1 aromatic rings. The van der Waals surface area contributed by atoms with Gasteiger partial charge in [-0.2, -0.15) is 0 Å². The molecule has 100 valence electrons. The van der Waals surface area contributed by atoms with Gasteiger partial charge in [-0.1, -0.05) is 25.1 Å². The molecule has 18 heavy (non-hydrogen) atoms. The van der Waals surface area contributed by atoms with Gasteiger partial charge in [0.25, 0.3) is 0 Å². The molecule has 2 heterocycles. The lowest BCUT2D eigenvalue weighted by Crippen LogP contribution is -2.49. The molecule has 2 aliphatic heterocycles. The summed E-state index contributed by atoms with van der Waals surface area (Å²) in [6, 6.07) is 9.19. The quantitative estimate of drug-likeness (QED) is 0.814. The minimum absolute atomic E-state index is 0. The number of nitrogens with zero attached hydrogens (tertiary/aromatic N) is 1. The van der Waals surface area contributed by atoms with Crippen molar-refractivity contribution >= 4 is 12.4 Å². The number of halogens is 1.